The Morgan fingerprint density at radius 3 is 2.52 bits per heavy atom. The van der Waals surface area contributed by atoms with E-state index in [1.807, 2.05) is 25.1 Å². The zero-order chi connectivity index (χ0) is 15.4. The maximum Gasteiger partial charge on any atom is 0.124 e. The third-order valence-corrected chi connectivity index (χ3v) is 4.52. The Balaban J connectivity index is 1.95. The number of aliphatic hydroxyl groups excluding tert-OH is 1. The highest BCUT2D eigenvalue weighted by atomic mass is 16.5. The number of hydrogen-bond acceptors (Lipinski definition) is 3. The van der Waals surface area contributed by atoms with Crippen LogP contribution >= 0.6 is 0 Å². The second-order valence-corrected chi connectivity index (χ2v) is 6.78. The van der Waals surface area contributed by atoms with E-state index in [9.17, 15) is 5.11 Å². The van der Waals surface area contributed by atoms with Crippen LogP contribution in [0.25, 0.3) is 0 Å². The molecule has 118 valence electrons. The first-order chi connectivity index (χ1) is 9.99. The van der Waals surface area contributed by atoms with E-state index < -0.39 is 6.10 Å². The van der Waals surface area contributed by atoms with E-state index in [4.69, 9.17) is 4.74 Å². The summed E-state index contributed by atoms with van der Waals surface area (Å²) in [7, 11) is 1.65. The molecule has 0 amide bonds. The van der Waals surface area contributed by atoms with E-state index in [1.54, 1.807) is 7.11 Å². The minimum absolute atomic E-state index is 0.521. The third kappa shape index (κ3) is 4.45. The number of ether oxygens (including phenoxy) is 1. The molecule has 0 bridgehead atoms. The lowest BCUT2D eigenvalue weighted by Gasteiger charge is -2.32. The molecule has 3 heteroatoms. The number of nitrogens with one attached hydrogen (secondary N) is 1. The van der Waals surface area contributed by atoms with E-state index in [-0.39, 0.29) is 0 Å². The summed E-state index contributed by atoms with van der Waals surface area (Å²) in [6, 6.07) is 6.47. The largest absolute Gasteiger partial charge is 0.496 e. The van der Waals surface area contributed by atoms with Crippen LogP contribution in [0.3, 0.4) is 0 Å². The van der Waals surface area contributed by atoms with E-state index in [2.05, 4.69) is 19.2 Å². The number of aryl methyl sites for hydroxylation is 1. The normalized spacial score (nSPS) is 27.4. The van der Waals surface area contributed by atoms with Gasteiger partial charge >= 0.3 is 0 Å². The highest BCUT2D eigenvalue weighted by Crippen LogP contribution is 2.30. The van der Waals surface area contributed by atoms with Crippen molar-refractivity contribution in [2.24, 2.45) is 11.8 Å². The zero-order valence-corrected chi connectivity index (χ0v) is 13.7. The minimum Gasteiger partial charge on any atom is -0.496 e. The van der Waals surface area contributed by atoms with Gasteiger partial charge in [0, 0.05) is 18.2 Å². The molecule has 1 aromatic carbocycles. The molecule has 0 radical (unpaired) electrons. The number of aliphatic hydroxyl groups is 1. The standard InChI is InChI=1S/C18H29NO2/c1-12-5-6-18(21-4)16(10-12)17(20)11-19-15-8-13(2)7-14(3)9-15/h5-6,10,13-15,17,19-20H,7-9,11H2,1-4H3. The van der Waals surface area contributed by atoms with Crippen LogP contribution in [0.2, 0.25) is 0 Å². The molecule has 1 fully saturated rings. The van der Waals surface area contributed by atoms with Crippen molar-refractivity contribution in [2.45, 2.75) is 52.2 Å². The molecule has 0 heterocycles. The lowest BCUT2D eigenvalue weighted by Crippen LogP contribution is -2.38. The van der Waals surface area contributed by atoms with Crippen LogP contribution in [0, 0.1) is 18.8 Å². The van der Waals surface area contributed by atoms with E-state index in [1.165, 1.54) is 19.3 Å². The summed E-state index contributed by atoms with van der Waals surface area (Å²) in [6.45, 7) is 7.27. The Hall–Kier alpha value is -1.06. The van der Waals surface area contributed by atoms with Gasteiger partial charge in [0.15, 0.2) is 0 Å². The summed E-state index contributed by atoms with van der Waals surface area (Å²) in [4.78, 5) is 0. The first-order valence-electron chi connectivity index (χ1n) is 8.05. The van der Waals surface area contributed by atoms with Crippen molar-refractivity contribution in [1.29, 1.82) is 0 Å². The van der Waals surface area contributed by atoms with Crippen molar-refractivity contribution in [3.8, 4) is 5.75 Å². The molecule has 3 unspecified atom stereocenters. The summed E-state index contributed by atoms with van der Waals surface area (Å²) >= 11 is 0. The van der Waals surface area contributed by atoms with E-state index >= 15 is 0 Å². The predicted molar refractivity (Wildman–Crippen MR) is 86.7 cm³/mol. The lowest BCUT2D eigenvalue weighted by molar-refractivity contribution is 0.152. The van der Waals surface area contributed by atoms with Crippen LogP contribution in [-0.2, 0) is 0 Å². The average Bonchev–Trinajstić information content (AvgIpc) is 2.43. The molecule has 21 heavy (non-hydrogen) atoms. The van der Waals surface area contributed by atoms with Crippen molar-refractivity contribution < 1.29 is 9.84 Å². The Morgan fingerprint density at radius 1 is 1.24 bits per heavy atom. The summed E-state index contributed by atoms with van der Waals surface area (Å²) in [5.74, 6) is 2.31. The van der Waals surface area contributed by atoms with Crippen LogP contribution < -0.4 is 10.1 Å². The molecule has 2 rings (SSSR count). The zero-order valence-electron chi connectivity index (χ0n) is 13.7. The molecular weight excluding hydrogens is 262 g/mol. The quantitative estimate of drug-likeness (QED) is 0.873. The SMILES string of the molecule is COc1ccc(C)cc1C(O)CNC1CC(C)CC(C)C1. The van der Waals surface area contributed by atoms with Gasteiger partial charge in [0.2, 0.25) is 0 Å². The maximum absolute atomic E-state index is 10.5. The molecular formula is C18H29NO2. The summed E-state index contributed by atoms with van der Waals surface area (Å²) in [5.41, 5.74) is 2.02. The lowest BCUT2D eigenvalue weighted by atomic mass is 9.80. The fourth-order valence-corrected chi connectivity index (χ4v) is 3.62. The molecule has 0 spiro atoms. The molecule has 0 aliphatic heterocycles. The first kappa shape index (κ1) is 16.3. The number of hydrogen-bond donors (Lipinski definition) is 2. The predicted octanol–water partition coefficient (Wildman–Crippen LogP) is 3.45. The van der Waals surface area contributed by atoms with Crippen LogP contribution in [0.1, 0.15) is 50.3 Å². The van der Waals surface area contributed by atoms with Crippen LogP contribution in [0.5, 0.6) is 5.75 Å². The Kier molecular flexibility index (Phi) is 5.65. The fraction of sp³-hybridized carbons (Fsp3) is 0.667. The van der Waals surface area contributed by atoms with Crippen molar-refractivity contribution in [3.05, 3.63) is 29.3 Å². The van der Waals surface area contributed by atoms with Crippen molar-refractivity contribution in [3.63, 3.8) is 0 Å². The molecule has 0 saturated heterocycles. The van der Waals surface area contributed by atoms with Gasteiger partial charge in [-0.1, -0.05) is 25.5 Å². The van der Waals surface area contributed by atoms with Gasteiger partial charge in [0.05, 0.1) is 13.2 Å². The molecule has 0 aromatic heterocycles. The molecule has 1 saturated carbocycles. The highest BCUT2D eigenvalue weighted by Gasteiger charge is 2.24. The van der Waals surface area contributed by atoms with Gasteiger partial charge in [-0.05, 0) is 50.2 Å². The number of methoxy groups -OCH3 is 1. The van der Waals surface area contributed by atoms with E-state index in [0.717, 1.165) is 28.7 Å². The van der Waals surface area contributed by atoms with Crippen LogP contribution in [0.4, 0.5) is 0 Å². The Labute approximate surface area is 128 Å². The number of rotatable bonds is 5. The second-order valence-electron chi connectivity index (χ2n) is 6.78. The molecule has 3 nitrogen and oxygen atoms in total. The van der Waals surface area contributed by atoms with Gasteiger partial charge < -0.3 is 15.2 Å². The summed E-state index contributed by atoms with van der Waals surface area (Å²) in [5, 5.41) is 14.0. The monoisotopic (exact) mass is 291 g/mol. The molecule has 1 aliphatic rings. The van der Waals surface area contributed by atoms with Crippen molar-refractivity contribution in [1.82, 2.24) is 5.32 Å². The van der Waals surface area contributed by atoms with Crippen LogP contribution in [-0.4, -0.2) is 24.8 Å². The topological polar surface area (TPSA) is 41.5 Å². The van der Waals surface area contributed by atoms with Gasteiger partial charge in [-0.25, -0.2) is 0 Å². The van der Waals surface area contributed by atoms with Crippen molar-refractivity contribution >= 4 is 0 Å². The van der Waals surface area contributed by atoms with Crippen LogP contribution in [0.15, 0.2) is 18.2 Å². The average molecular weight is 291 g/mol. The molecule has 1 aromatic rings. The Morgan fingerprint density at radius 2 is 1.90 bits per heavy atom. The minimum atomic E-state index is -0.521. The van der Waals surface area contributed by atoms with Gasteiger partial charge in [-0.15, -0.1) is 0 Å². The van der Waals surface area contributed by atoms with E-state index in [0.29, 0.717) is 12.6 Å². The summed E-state index contributed by atoms with van der Waals surface area (Å²) in [6.07, 6.45) is 3.23. The molecule has 2 N–H and O–H groups in total. The van der Waals surface area contributed by atoms with Crippen molar-refractivity contribution in [2.75, 3.05) is 13.7 Å². The Bertz CT molecular complexity index is 451. The van der Waals surface area contributed by atoms with Gasteiger partial charge in [-0.2, -0.15) is 0 Å². The molecule has 3 atom stereocenters. The first-order valence-corrected chi connectivity index (χ1v) is 8.05. The third-order valence-electron chi connectivity index (χ3n) is 4.52. The van der Waals surface area contributed by atoms with Gasteiger partial charge in [0.25, 0.3) is 0 Å². The second kappa shape index (κ2) is 7.28. The maximum atomic E-state index is 10.5. The van der Waals surface area contributed by atoms with Gasteiger partial charge in [-0.3, -0.25) is 0 Å². The number of benzene rings is 1. The highest BCUT2D eigenvalue weighted by molar-refractivity contribution is 5.38. The van der Waals surface area contributed by atoms with Gasteiger partial charge in [0.1, 0.15) is 5.75 Å². The smallest absolute Gasteiger partial charge is 0.124 e. The molecule has 1 aliphatic carbocycles. The summed E-state index contributed by atoms with van der Waals surface area (Å²) < 4.78 is 5.36. The fourth-order valence-electron chi connectivity index (χ4n) is 3.62.